The third-order valence-electron chi connectivity index (χ3n) is 2.21. The second kappa shape index (κ2) is 10.0. The Bertz CT molecular complexity index is 242. The summed E-state index contributed by atoms with van der Waals surface area (Å²) in [6, 6.07) is 0. The van der Waals surface area contributed by atoms with Gasteiger partial charge in [-0.25, -0.2) is 13.1 Å². The molecule has 0 fully saturated rings. The minimum atomic E-state index is -3.08. The molecule has 0 aromatic rings. The highest BCUT2D eigenvalue weighted by molar-refractivity contribution is 7.89. The van der Waals surface area contributed by atoms with Crippen molar-refractivity contribution >= 4 is 10.0 Å². The molecule has 5 nitrogen and oxygen atoms in total. The highest BCUT2D eigenvalue weighted by Gasteiger charge is 2.07. The van der Waals surface area contributed by atoms with Crippen LogP contribution in [0.1, 0.15) is 32.1 Å². The molecule has 0 atom stereocenters. The largest absolute Gasteiger partial charge is 0.385 e. The van der Waals surface area contributed by atoms with Crippen LogP contribution in [0.5, 0.6) is 0 Å². The van der Waals surface area contributed by atoms with E-state index in [2.05, 4.69) is 4.72 Å². The lowest BCUT2D eigenvalue weighted by atomic mass is 10.2. The number of unbranched alkanes of at least 4 members (excludes halogenated alkanes) is 3. The van der Waals surface area contributed by atoms with Gasteiger partial charge in [0.1, 0.15) is 0 Å². The number of rotatable bonds is 11. The molecule has 0 bridgehead atoms. The molecule has 3 N–H and O–H groups in total. The zero-order chi connectivity index (χ0) is 12.3. The van der Waals surface area contributed by atoms with Gasteiger partial charge in [0.15, 0.2) is 0 Å². The first-order chi connectivity index (χ1) is 7.62. The molecule has 98 valence electrons. The lowest BCUT2D eigenvalue weighted by Gasteiger charge is -2.06. The maximum Gasteiger partial charge on any atom is 0.211 e. The van der Waals surface area contributed by atoms with Crippen molar-refractivity contribution in [2.24, 2.45) is 5.73 Å². The van der Waals surface area contributed by atoms with Gasteiger partial charge >= 0.3 is 0 Å². The molecule has 0 saturated carbocycles. The van der Waals surface area contributed by atoms with E-state index < -0.39 is 10.0 Å². The fourth-order valence-electron chi connectivity index (χ4n) is 1.28. The van der Waals surface area contributed by atoms with E-state index >= 15 is 0 Å². The van der Waals surface area contributed by atoms with Crippen LogP contribution in [0.4, 0.5) is 0 Å². The Hall–Kier alpha value is -0.170. The fourth-order valence-corrected chi connectivity index (χ4v) is 2.47. The number of ether oxygens (including phenoxy) is 1. The normalized spacial score (nSPS) is 11.9. The molecule has 16 heavy (non-hydrogen) atoms. The van der Waals surface area contributed by atoms with Crippen LogP contribution in [-0.4, -0.2) is 41.0 Å². The number of hydrogen-bond donors (Lipinski definition) is 2. The summed E-state index contributed by atoms with van der Waals surface area (Å²) in [4.78, 5) is 0. The molecule has 0 unspecified atom stereocenters. The SMILES string of the molecule is COCCCCCNS(=O)(=O)CCCCN. The number of sulfonamides is 1. The predicted molar refractivity (Wildman–Crippen MR) is 65.8 cm³/mol. The topological polar surface area (TPSA) is 81.4 Å². The summed E-state index contributed by atoms with van der Waals surface area (Å²) in [6.07, 6.45) is 4.22. The standard InChI is InChI=1S/C10H24N2O3S/c1-15-9-5-2-4-8-12-16(13,14)10-6-3-7-11/h12H,2-11H2,1H3. The summed E-state index contributed by atoms with van der Waals surface area (Å²) >= 11 is 0. The van der Waals surface area contributed by atoms with Gasteiger partial charge in [0.2, 0.25) is 10.0 Å². The highest BCUT2D eigenvalue weighted by Crippen LogP contribution is 1.97. The molecule has 0 aliphatic rings. The van der Waals surface area contributed by atoms with Crippen LogP contribution >= 0.6 is 0 Å². The van der Waals surface area contributed by atoms with Gasteiger partial charge in [-0.05, 0) is 38.6 Å². The van der Waals surface area contributed by atoms with Crippen LogP contribution in [0.25, 0.3) is 0 Å². The molecule has 0 saturated heterocycles. The maximum atomic E-state index is 11.4. The smallest absolute Gasteiger partial charge is 0.211 e. The number of hydrogen-bond acceptors (Lipinski definition) is 4. The minimum absolute atomic E-state index is 0.183. The van der Waals surface area contributed by atoms with Crippen LogP contribution in [0.15, 0.2) is 0 Å². The fraction of sp³-hybridized carbons (Fsp3) is 1.00. The Morgan fingerprint density at radius 3 is 2.50 bits per heavy atom. The van der Waals surface area contributed by atoms with Crippen LogP contribution in [0, 0.1) is 0 Å². The lowest BCUT2D eigenvalue weighted by Crippen LogP contribution is -2.27. The van der Waals surface area contributed by atoms with Crippen LogP contribution in [0.2, 0.25) is 0 Å². The van der Waals surface area contributed by atoms with E-state index in [4.69, 9.17) is 10.5 Å². The average molecular weight is 252 g/mol. The summed E-state index contributed by atoms with van der Waals surface area (Å²) in [5, 5.41) is 0. The van der Waals surface area contributed by atoms with Crippen molar-refractivity contribution in [3.63, 3.8) is 0 Å². The van der Waals surface area contributed by atoms with Gasteiger partial charge in [0.25, 0.3) is 0 Å². The first-order valence-electron chi connectivity index (χ1n) is 5.78. The first-order valence-corrected chi connectivity index (χ1v) is 7.44. The number of methoxy groups -OCH3 is 1. The first kappa shape index (κ1) is 15.8. The lowest BCUT2D eigenvalue weighted by molar-refractivity contribution is 0.192. The Morgan fingerprint density at radius 2 is 1.88 bits per heavy atom. The number of nitrogens with two attached hydrogens (primary N) is 1. The van der Waals surface area contributed by atoms with Crippen molar-refractivity contribution in [3.05, 3.63) is 0 Å². The average Bonchev–Trinajstić information content (AvgIpc) is 2.23. The van der Waals surface area contributed by atoms with E-state index in [9.17, 15) is 8.42 Å². The van der Waals surface area contributed by atoms with Crippen molar-refractivity contribution in [1.29, 1.82) is 0 Å². The molecule has 0 amide bonds. The molecular weight excluding hydrogens is 228 g/mol. The van der Waals surface area contributed by atoms with E-state index in [1.54, 1.807) is 7.11 Å². The monoisotopic (exact) mass is 252 g/mol. The third kappa shape index (κ3) is 10.4. The van der Waals surface area contributed by atoms with Gasteiger partial charge in [-0.2, -0.15) is 0 Å². The molecule has 6 heteroatoms. The molecule has 0 aliphatic heterocycles. The Labute approximate surface area is 98.8 Å². The molecule has 0 rings (SSSR count). The summed E-state index contributed by atoms with van der Waals surface area (Å²) in [6.45, 7) is 1.81. The second-order valence-electron chi connectivity index (χ2n) is 3.76. The van der Waals surface area contributed by atoms with Crippen LogP contribution in [-0.2, 0) is 14.8 Å². The van der Waals surface area contributed by atoms with E-state index in [0.717, 1.165) is 32.3 Å². The molecule has 0 aliphatic carbocycles. The minimum Gasteiger partial charge on any atom is -0.385 e. The zero-order valence-electron chi connectivity index (χ0n) is 10.1. The highest BCUT2D eigenvalue weighted by atomic mass is 32.2. The maximum absolute atomic E-state index is 11.4. The van der Waals surface area contributed by atoms with Crippen molar-refractivity contribution in [3.8, 4) is 0 Å². The Kier molecular flexibility index (Phi) is 9.91. The Morgan fingerprint density at radius 1 is 1.12 bits per heavy atom. The Balaban J connectivity index is 3.43. The number of nitrogens with one attached hydrogen (secondary N) is 1. The predicted octanol–water partition coefficient (Wildman–Crippen LogP) is 0.461. The van der Waals surface area contributed by atoms with E-state index in [-0.39, 0.29) is 5.75 Å². The van der Waals surface area contributed by atoms with Gasteiger partial charge < -0.3 is 10.5 Å². The van der Waals surface area contributed by atoms with Crippen molar-refractivity contribution in [1.82, 2.24) is 4.72 Å². The van der Waals surface area contributed by atoms with Gasteiger partial charge in [0, 0.05) is 20.3 Å². The third-order valence-corrected chi connectivity index (χ3v) is 3.68. The summed E-state index contributed by atoms with van der Waals surface area (Å²) in [7, 11) is -1.42. The summed E-state index contributed by atoms with van der Waals surface area (Å²) < 4.78 is 30.3. The summed E-state index contributed by atoms with van der Waals surface area (Å²) in [5.41, 5.74) is 5.30. The van der Waals surface area contributed by atoms with Crippen molar-refractivity contribution in [2.45, 2.75) is 32.1 Å². The van der Waals surface area contributed by atoms with Crippen LogP contribution in [0.3, 0.4) is 0 Å². The van der Waals surface area contributed by atoms with E-state index in [0.29, 0.717) is 19.5 Å². The summed E-state index contributed by atoms with van der Waals surface area (Å²) in [5.74, 6) is 0.183. The van der Waals surface area contributed by atoms with Crippen molar-refractivity contribution in [2.75, 3.05) is 32.6 Å². The molecule has 0 spiro atoms. The van der Waals surface area contributed by atoms with Gasteiger partial charge in [0.05, 0.1) is 5.75 Å². The van der Waals surface area contributed by atoms with Crippen LogP contribution < -0.4 is 10.5 Å². The van der Waals surface area contributed by atoms with Gasteiger partial charge in [-0.3, -0.25) is 0 Å². The molecule has 0 aromatic heterocycles. The quantitative estimate of drug-likeness (QED) is 0.523. The van der Waals surface area contributed by atoms with E-state index in [1.807, 2.05) is 0 Å². The zero-order valence-corrected chi connectivity index (χ0v) is 10.9. The molecular formula is C10H24N2O3S. The second-order valence-corrected chi connectivity index (χ2v) is 5.69. The van der Waals surface area contributed by atoms with E-state index in [1.165, 1.54) is 0 Å². The van der Waals surface area contributed by atoms with Gasteiger partial charge in [-0.1, -0.05) is 0 Å². The van der Waals surface area contributed by atoms with Gasteiger partial charge in [-0.15, -0.1) is 0 Å². The van der Waals surface area contributed by atoms with Crippen molar-refractivity contribution < 1.29 is 13.2 Å². The molecule has 0 heterocycles. The molecule has 0 aromatic carbocycles. The molecule has 0 radical (unpaired) electrons.